The van der Waals surface area contributed by atoms with Gasteiger partial charge in [0.2, 0.25) is 0 Å². The van der Waals surface area contributed by atoms with Crippen molar-refractivity contribution in [2.24, 2.45) is 5.41 Å². The van der Waals surface area contributed by atoms with Gasteiger partial charge >= 0.3 is 0 Å². The number of fused-ring (bicyclic) bond motifs is 1. The number of nitrogens with zero attached hydrogens (tertiary/aromatic N) is 4. The topological polar surface area (TPSA) is 54.7 Å². The van der Waals surface area contributed by atoms with Gasteiger partial charge in [0.15, 0.2) is 11.4 Å². The lowest BCUT2D eigenvalue weighted by Gasteiger charge is -2.44. The zero-order valence-corrected chi connectivity index (χ0v) is 17.7. The lowest BCUT2D eigenvalue weighted by molar-refractivity contribution is 0.145. The molecule has 0 unspecified atom stereocenters. The molecule has 2 aliphatic rings. The van der Waals surface area contributed by atoms with Gasteiger partial charge in [-0.3, -0.25) is 0 Å². The molecule has 1 spiro atoms. The Bertz CT molecular complexity index is 1070. The van der Waals surface area contributed by atoms with Gasteiger partial charge in [0, 0.05) is 42.8 Å². The number of pyridine rings is 2. The molecule has 5 rings (SSSR count). The molecule has 2 saturated heterocycles. The first-order valence-electron chi connectivity index (χ1n) is 10.8. The number of hydrogen-bond donors (Lipinski definition) is 1. The average Bonchev–Trinajstić information content (AvgIpc) is 3.28. The summed E-state index contributed by atoms with van der Waals surface area (Å²) in [6.07, 6.45) is 7.14. The molecule has 0 aliphatic carbocycles. The summed E-state index contributed by atoms with van der Waals surface area (Å²) < 4.78 is 35.3. The van der Waals surface area contributed by atoms with Crippen LogP contribution in [0.25, 0.3) is 16.8 Å². The van der Waals surface area contributed by atoms with E-state index in [1.165, 1.54) is 12.8 Å². The molecule has 31 heavy (non-hydrogen) atoms. The molecule has 5 heterocycles. The van der Waals surface area contributed by atoms with E-state index < -0.39 is 6.43 Å². The van der Waals surface area contributed by atoms with E-state index in [1.807, 2.05) is 6.07 Å². The Morgan fingerprint density at radius 1 is 1.13 bits per heavy atom. The number of piperidine rings is 2. The number of rotatable bonds is 4. The number of alkyl halides is 2. The summed E-state index contributed by atoms with van der Waals surface area (Å²) in [7, 11) is 1.55. The zero-order chi connectivity index (χ0) is 21.4. The van der Waals surface area contributed by atoms with E-state index in [9.17, 15) is 8.78 Å². The molecular formula is C23H27F2N5O. The van der Waals surface area contributed by atoms with E-state index in [4.69, 9.17) is 4.74 Å². The fraction of sp³-hybridized carbons (Fsp3) is 0.478. The van der Waals surface area contributed by atoms with Crippen molar-refractivity contribution < 1.29 is 13.5 Å². The van der Waals surface area contributed by atoms with E-state index in [2.05, 4.69) is 20.2 Å². The van der Waals surface area contributed by atoms with Gasteiger partial charge < -0.3 is 19.4 Å². The van der Waals surface area contributed by atoms with Gasteiger partial charge in [-0.05, 0) is 62.4 Å². The van der Waals surface area contributed by atoms with Crippen molar-refractivity contribution >= 4 is 11.5 Å². The van der Waals surface area contributed by atoms with Crippen LogP contribution in [0.1, 0.15) is 37.8 Å². The Morgan fingerprint density at radius 3 is 2.61 bits per heavy atom. The van der Waals surface area contributed by atoms with Gasteiger partial charge in [-0.1, -0.05) is 0 Å². The lowest BCUT2D eigenvalue weighted by atomic mass is 9.71. The van der Waals surface area contributed by atoms with E-state index in [0.29, 0.717) is 33.8 Å². The van der Waals surface area contributed by atoms with Crippen molar-refractivity contribution in [3.05, 3.63) is 42.5 Å². The van der Waals surface area contributed by atoms with Gasteiger partial charge in [0.05, 0.1) is 7.11 Å². The number of nitrogens with one attached hydrogen (secondary N) is 1. The van der Waals surface area contributed by atoms with E-state index in [-0.39, 0.29) is 5.69 Å². The third kappa shape index (κ3) is 3.73. The van der Waals surface area contributed by atoms with Crippen LogP contribution >= 0.6 is 0 Å². The van der Waals surface area contributed by atoms with Crippen LogP contribution in [0.5, 0.6) is 5.75 Å². The lowest BCUT2D eigenvalue weighted by Crippen LogP contribution is -2.45. The highest BCUT2D eigenvalue weighted by Gasteiger charge is 2.36. The number of methoxy groups -OCH3 is 1. The first-order chi connectivity index (χ1) is 15.1. The van der Waals surface area contributed by atoms with Crippen molar-refractivity contribution in [1.29, 1.82) is 0 Å². The Balaban J connectivity index is 1.45. The van der Waals surface area contributed by atoms with Crippen molar-refractivity contribution in [2.75, 3.05) is 38.2 Å². The van der Waals surface area contributed by atoms with Crippen molar-refractivity contribution in [3.8, 4) is 16.9 Å². The molecule has 0 amide bonds. The molecule has 3 aromatic heterocycles. The predicted molar refractivity (Wildman–Crippen MR) is 116 cm³/mol. The fourth-order valence-corrected chi connectivity index (χ4v) is 5.02. The second-order valence-corrected chi connectivity index (χ2v) is 8.60. The minimum atomic E-state index is -2.67. The van der Waals surface area contributed by atoms with Crippen LogP contribution in [0.3, 0.4) is 0 Å². The molecule has 0 bridgehead atoms. The molecule has 0 radical (unpaired) electrons. The maximum atomic E-state index is 14.0. The van der Waals surface area contributed by atoms with Gasteiger partial charge in [0.1, 0.15) is 11.5 Å². The number of imidazole rings is 1. The summed E-state index contributed by atoms with van der Waals surface area (Å²) in [5.74, 6) is 1.17. The standard InChI is InChI=1S/C23H27F2N5O/c1-31-18-14-16(15-30-13-10-27-22(18)30)17-2-3-19(28-20(17)21(24)25)29-11-6-23(7-12-29)4-8-26-9-5-23/h2-3,10,13-15,21,26H,4-9,11-12H2,1H3. The largest absolute Gasteiger partial charge is 0.493 e. The van der Waals surface area contributed by atoms with Gasteiger partial charge in [0.25, 0.3) is 6.43 Å². The molecule has 0 aromatic carbocycles. The number of anilines is 1. The monoisotopic (exact) mass is 427 g/mol. The Labute approximate surface area is 180 Å². The third-order valence-corrected chi connectivity index (χ3v) is 6.91. The maximum absolute atomic E-state index is 14.0. The number of aromatic nitrogens is 3. The summed E-state index contributed by atoms with van der Waals surface area (Å²) in [6, 6.07) is 5.37. The smallest absolute Gasteiger partial charge is 0.281 e. The molecule has 164 valence electrons. The van der Waals surface area contributed by atoms with Crippen LogP contribution < -0.4 is 15.0 Å². The van der Waals surface area contributed by atoms with Crippen LogP contribution in [0.4, 0.5) is 14.6 Å². The molecule has 3 aromatic rings. The van der Waals surface area contributed by atoms with Crippen LogP contribution in [0.15, 0.2) is 36.8 Å². The molecule has 8 heteroatoms. The summed E-state index contributed by atoms with van der Waals surface area (Å²) in [6.45, 7) is 3.88. The normalized spacial score (nSPS) is 18.8. The fourth-order valence-electron chi connectivity index (χ4n) is 5.02. The highest BCUT2D eigenvalue weighted by atomic mass is 19.3. The first-order valence-corrected chi connectivity index (χ1v) is 10.8. The van der Waals surface area contributed by atoms with Crippen LogP contribution in [-0.4, -0.2) is 47.7 Å². The highest BCUT2D eigenvalue weighted by Crippen LogP contribution is 2.41. The second-order valence-electron chi connectivity index (χ2n) is 8.60. The van der Waals surface area contributed by atoms with Crippen LogP contribution in [0.2, 0.25) is 0 Å². The molecule has 6 nitrogen and oxygen atoms in total. The number of ether oxygens (including phenoxy) is 1. The molecule has 0 atom stereocenters. The van der Waals surface area contributed by atoms with Crippen molar-refractivity contribution in [2.45, 2.75) is 32.1 Å². The highest BCUT2D eigenvalue weighted by molar-refractivity contribution is 5.72. The van der Waals surface area contributed by atoms with E-state index >= 15 is 0 Å². The number of hydrogen-bond acceptors (Lipinski definition) is 5. The van der Waals surface area contributed by atoms with Crippen LogP contribution in [0, 0.1) is 5.41 Å². The summed E-state index contributed by atoms with van der Waals surface area (Å²) >= 11 is 0. The molecular weight excluding hydrogens is 400 g/mol. The van der Waals surface area contributed by atoms with Crippen molar-refractivity contribution in [1.82, 2.24) is 19.7 Å². The summed E-state index contributed by atoms with van der Waals surface area (Å²) in [5.41, 5.74) is 1.91. The average molecular weight is 427 g/mol. The van der Waals surface area contributed by atoms with Crippen LogP contribution in [-0.2, 0) is 0 Å². The van der Waals surface area contributed by atoms with Gasteiger partial charge in [-0.2, -0.15) is 0 Å². The Morgan fingerprint density at radius 2 is 1.90 bits per heavy atom. The van der Waals surface area contributed by atoms with E-state index in [1.54, 1.807) is 42.2 Å². The minimum absolute atomic E-state index is 0.193. The molecule has 1 N–H and O–H groups in total. The van der Waals surface area contributed by atoms with Gasteiger partial charge in [-0.25, -0.2) is 18.7 Å². The third-order valence-electron chi connectivity index (χ3n) is 6.91. The molecule has 2 aliphatic heterocycles. The first kappa shape index (κ1) is 20.2. The van der Waals surface area contributed by atoms with Crippen molar-refractivity contribution in [3.63, 3.8) is 0 Å². The van der Waals surface area contributed by atoms with Gasteiger partial charge in [-0.15, -0.1) is 0 Å². The van der Waals surface area contributed by atoms with E-state index in [0.717, 1.165) is 39.0 Å². The Kier molecular flexibility index (Phi) is 5.25. The zero-order valence-electron chi connectivity index (χ0n) is 17.7. The quantitative estimate of drug-likeness (QED) is 0.672. The molecule has 0 saturated carbocycles. The maximum Gasteiger partial charge on any atom is 0.281 e. The Hall–Kier alpha value is -2.74. The number of halogens is 2. The second kappa shape index (κ2) is 8.07. The summed E-state index contributed by atoms with van der Waals surface area (Å²) in [5, 5.41) is 3.43. The SMILES string of the molecule is COc1cc(-c2ccc(N3CCC4(CCNCC4)CC3)nc2C(F)F)cn2ccnc12. The minimum Gasteiger partial charge on any atom is -0.493 e. The summed E-state index contributed by atoms with van der Waals surface area (Å²) in [4.78, 5) is 10.8. The predicted octanol–water partition coefficient (Wildman–Crippen LogP) is 4.31. The molecule has 2 fully saturated rings.